The van der Waals surface area contributed by atoms with E-state index in [0.29, 0.717) is 12.5 Å². The molecule has 0 radical (unpaired) electrons. The largest absolute Gasteiger partial charge is 0.481 e. The van der Waals surface area contributed by atoms with Crippen molar-refractivity contribution in [1.29, 1.82) is 0 Å². The molecule has 0 bridgehead atoms. The third-order valence-corrected chi connectivity index (χ3v) is 2.36. The van der Waals surface area contributed by atoms with Gasteiger partial charge in [-0.2, -0.15) is 0 Å². The van der Waals surface area contributed by atoms with Gasteiger partial charge in [-0.3, -0.25) is 9.36 Å². The van der Waals surface area contributed by atoms with Gasteiger partial charge in [0.25, 0.3) is 0 Å². The topological polar surface area (TPSA) is 147 Å². The second-order valence-corrected chi connectivity index (χ2v) is 6.32. The van der Waals surface area contributed by atoms with Gasteiger partial charge in [-0.1, -0.05) is 13.8 Å². The van der Waals surface area contributed by atoms with E-state index in [4.69, 9.17) is 26.4 Å². The van der Waals surface area contributed by atoms with Crippen LogP contribution < -0.4 is 11.5 Å². The van der Waals surface area contributed by atoms with Gasteiger partial charge in [0, 0.05) is 33.1 Å². The fourth-order valence-electron chi connectivity index (χ4n) is 1.19. The zero-order chi connectivity index (χ0) is 14.3. The van der Waals surface area contributed by atoms with Crippen molar-refractivity contribution in [2.75, 3.05) is 12.7 Å². The molecule has 9 heteroatoms. The van der Waals surface area contributed by atoms with Gasteiger partial charge in [0.2, 0.25) is 0 Å². The molecule has 0 aromatic rings. The van der Waals surface area contributed by atoms with Crippen molar-refractivity contribution in [2.24, 2.45) is 17.4 Å². The molecule has 0 saturated carbocycles. The Labute approximate surface area is 122 Å². The van der Waals surface area contributed by atoms with E-state index in [-0.39, 0.29) is 26.6 Å². The number of aliphatic carboxylic acids is 1. The van der Waals surface area contributed by atoms with Crippen LogP contribution in [0.1, 0.15) is 27.2 Å². The van der Waals surface area contributed by atoms with E-state index in [2.05, 4.69) is 13.8 Å². The summed E-state index contributed by atoms with van der Waals surface area (Å²) in [6.45, 7) is 6.87. The number of carbonyl (C=O) groups is 1. The summed E-state index contributed by atoms with van der Waals surface area (Å²) in [6, 6.07) is 0. The summed E-state index contributed by atoms with van der Waals surface area (Å²) in [7, 11) is -4.32. The van der Waals surface area contributed by atoms with Crippen LogP contribution in [-0.4, -0.2) is 39.1 Å². The Kier molecular flexibility index (Phi) is 13.1. The Balaban J connectivity index is -0.000000238. The normalized spacial score (nSPS) is 14.0. The maximum Gasteiger partial charge on any atom is 0.336 e. The third kappa shape index (κ3) is 21.5. The summed E-state index contributed by atoms with van der Waals surface area (Å²) in [4.78, 5) is 25.4. The maximum absolute atomic E-state index is 9.76. The number of rotatable bonds is 5. The summed E-state index contributed by atoms with van der Waals surface area (Å²) in [6.07, 6.45) is -0.0868. The molecule has 0 aliphatic rings. The van der Waals surface area contributed by atoms with Crippen LogP contribution in [0.3, 0.4) is 0 Å². The molecule has 0 aromatic carbocycles. The molecule has 0 saturated heterocycles. The predicted molar refractivity (Wildman–Crippen MR) is 65.6 cm³/mol. The quantitative estimate of drug-likeness (QED) is 0.358. The van der Waals surface area contributed by atoms with Crippen molar-refractivity contribution >= 4 is 13.6 Å². The molecule has 1 unspecified atom stereocenters. The van der Waals surface area contributed by atoms with Gasteiger partial charge >= 0.3 is 13.6 Å². The van der Waals surface area contributed by atoms with Crippen LogP contribution in [0.25, 0.3) is 0 Å². The number of carboxylic acids is 1. The van der Waals surface area contributed by atoms with E-state index in [1.54, 1.807) is 0 Å². The summed E-state index contributed by atoms with van der Waals surface area (Å²) in [5.41, 5.74) is 11.1. The van der Waals surface area contributed by atoms with Gasteiger partial charge in [-0.25, -0.2) is 0 Å². The fourth-order valence-corrected chi connectivity index (χ4v) is 1.54. The summed E-state index contributed by atoms with van der Waals surface area (Å²) in [5, 5.41) is 7.76. The zero-order valence-corrected chi connectivity index (χ0v) is 13.9. The van der Waals surface area contributed by atoms with Gasteiger partial charge in [-0.15, -0.1) is 0 Å². The first kappa shape index (κ1) is 23.3. The Morgan fingerprint density at radius 2 is 1.78 bits per heavy atom. The number of nitrogens with two attached hydrogens (primary N) is 2. The summed E-state index contributed by atoms with van der Waals surface area (Å²) < 4.78 is 9.76. The van der Waals surface area contributed by atoms with Crippen molar-refractivity contribution < 1.29 is 45.3 Å². The fraction of sp³-hybridized carbons (Fsp3) is 0.889. The minimum atomic E-state index is -4.32. The molecule has 7 nitrogen and oxygen atoms in total. The Morgan fingerprint density at radius 3 is 1.83 bits per heavy atom. The van der Waals surface area contributed by atoms with E-state index in [0.717, 1.165) is 6.42 Å². The molecule has 0 fully saturated rings. The first-order valence-corrected chi connectivity index (χ1v) is 6.94. The van der Waals surface area contributed by atoms with Gasteiger partial charge < -0.3 is 26.4 Å². The van der Waals surface area contributed by atoms with Crippen molar-refractivity contribution in [2.45, 2.75) is 32.7 Å². The predicted octanol–water partition coefficient (Wildman–Crippen LogP) is -0.0452. The molecule has 0 spiro atoms. The number of hydrogen-bond donors (Lipinski definition) is 5. The molecule has 0 aromatic heterocycles. The minimum absolute atomic E-state index is 0. The van der Waals surface area contributed by atoms with Gasteiger partial charge in [0.05, 0.1) is 0 Å². The van der Waals surface area contributed by atoms with E-state index < -0.39 is 19.7 Å². The van der Waals surface area contributed by atoms with Crippen molar-refractivity contribution in [3.8, 4) is 0 Å². The number of carboxylic acid groups (broad SMARTS) is 1. The molecule has 0 amide bonds. The van der Waals surface area contributed by atoms with Crippen LogP contribution in [0.2, 0.25) is 0 Å². The van der Waals surface area contributed by atoms with E-state index in [1.807, 2.05) is 6.92 Å². The zero-order valence-electron chi connectivity index (χ0n) is 10.8. The van der Waals surface area contributed by atoms with Crippen LogP contribution in [0.4, 0.5) is 0 Å². The van der Waals surface area contributed by atoms with Crippen LogP contribution in [-0.2, 0) is 30.4 Å². The average molecular weight is 465 g/mol. The standard InChI is InChI=1S/C7H18N2.C2H5O5P.Pt/c1-6(2)4-7(3,9)5-8;3-2(4)1-8(5,6)7;/h6H,4-5,8-9H2,1-3H3;1H2,(H,3,4)(H2,5,6,7);. The van der Waals surface area contributed by atoms with Crippen LogP contribution in [0.5, 0.6) is 0 Å². The van der Waals surface area contributed by atoms with E-state index >= 15 is 0 Å². The molecular weight excluding hydrogens is 442 g/mol. The Bertz CT molecular complexity index is 280. The van der Waals surface area contributed by atoms with Gasteiger partial charge in [-0.05, 0) is 19.3 Å². The molecule has 1 atom stereocenters. The second-order valence-electron chi connectivity index (χ2n) is 4.67. The molecule has 114 valence electrons. The molecule has 0 aliphatic heterocycles. The maximum atomic E-state index is 9.76. The van der Waals surface area contributed by atoms with E-state index in [9.17, 15) is 9.36 Å². The van der Waals surface area contributed by atoms with Gasteiger partial charge in [0.15, 0.2) is 0 Å². The monoisotopic (exact) mass is 465 g/mol. The second kappa shape index (κ2) is 10.1. The smallest absolute Gasteiger partial charge is 0.336 e. The molecule has 0 rings (SSSR count). The van der Waals surface area contributed by atoms with Crippen LogP contribution in [0, 0.1) is 5.92 Å². The first-order valence-electron chi connectivity index (χ1n) is 5.15. The molecule has 0 aliphatic carbocycles. The van der Waals surface area contributed by atoms with E-state index in [1.165, 1.54) is 0 Å². The first-order chi connectivity index (χ1) is 7.39. The summed E-state index contributed by atoms with van der Waals surface area (Å²) in [5.74, 6) is -0.845. The van der Waals surface area contributed by atoms with Crippen LogP contribution in [0.15, 0.2) is 0 Å². The van der Waals surface area contributed by atoms with Crippen molar-refractivity contribution in [1.82, 2.24) is 0 Å². The Hall–Kier alpha value is 0.228. The molecule has 18 heavy (non-hydrogen) atoms. The Morgan fingerprint density at radius 1 is 1.39 bits per heavy atom. The van der Waals surface area contributed by atoms with Crippen LogP contribution >= 0.6 is 7.60 Å². The SMILES string of the molecule is CC(C)CC(C)(N)CN.O=C(O)CP(=O)(O)O.[Pt]. The third-order valence-electron chi connectivity index (χ3n) is 1.68. The molecule has 0 heterocycles. The van der Waals surface area contributed by atoms with Crippen molar-refractivity contribution in [3.63, 3.8) is 0 Å². The van der Waals surface area contributed by atoms with Gasteiger partial charge in [0.1, 0.15) is 6.16 Å². The minimum Gasteiger partial charge on any atom is -0.481 e. The molecule has 7 N–H and O–H groups in total. The molecular formula is C9H23N2O5PPt. The average Bonchev–Trinajstić information content (AvgIpc) is 1.97. The summed E-state index contributed by atoms with van der Waals surface area (Å²) >= 11 is 0. The number of hydrogen-bond acceptors (Lipinski definition) is 4. The van der Waals surface area contributed by atoms with Crippen molar-refractivity contribution in [3.05, 3.63) is 0 Å².